The summed E-state index contributed by atoms with van der Waals surface area (Å²) in [5, 5.41) is 8.64. The zero-order chi connectivity index (χ0) is 41.1. The molecule has 0 unspecified atom stereocenters. The van der Waals surface area contributed by atoms with Gasteiger partial charge in [-0.15, -0.1) is 0 Å². The minimum atomic E-state index is -0.323. The normalized spacial score (nSPS) is 11.1. The Hall–Kier alpha value is -0.900. The molecule has 0 atom stereocenters. The van der Waals surface area contributed by atoms with Gasteiger partial charge in [-0.05, 0) is 19.3 Å². The molecule has 0 amide bonds. The van der Waals surface area contributed by atoms with Crippen molar-refractivity contribution >= 4 is 11.9 Å². The highest BCUT2D eigenvalue weighted by atomic mass is 16.6. The number of ether oxygens (including phenoxy) is 1. The molecule has 0 aromatic heterocycles. The van der Waals surface area contributed by atoms with E-state index in [-0.39, 0.29) is 11.9 Å². The molecule has 0 saturated carbocycles. The van der Waals surface area contributed by atoms with Gasteiger partial charge in [-0.25, -0.2) is 0 Å². The molecule has 4 heteroatoms. The van der Waals surface area contributed by atoms with E-state index in [2.05, 4.69) is 20.8 Å². The molecule has 0 aromatic carbocycles. The van der Waals surface area contributed by atoms with Crippen LogP contribution in [-0.4, -0.2) is 23.7 Å². The van der Waals surface area contributed by atoms with E-state index in [4.69, 9.17) is 9.84 Å². The smallest absolute Gasteiger partial charge is 0.313 e. The molecule has 0 bridgehead atoms. The van der Waals surface area contributed by atoms with Crippen LogP contribution in [0.2, 0.25) is 0 Å². The van der Waals surface area contributed by atoms with Crippen molar-refractivity contribution in [2.75, 3.05) is 6.61 Å². The highest BCUT2D eigenvalue weighted by Gasteiger charge is 2.10. The number of carbonyl (C=O) groups excluding carboxylic acids is 2. The van der Waals surface area contributed by atoms with E-state index in [1.54, 1.807) is 0 Å². The maximum atomic E-state index is 11.9. The first-order valence-electron chi connectivity index (χ1n) is 26.0. The van der Waals surface area contributed by atoms with Gasteiger partial charge >= 0.3 is 11.9 Å². The lowest BCUT2D eigenvalue weighted by Crippen LogP contribution is -2.11. The number of aliphatic hydroxyl groups is 1. The number of hydrogen-bond acceptors (Lipinski definition) is 4. The van der Waals surface area contributed by atoms with Crippen LogP contribution >= 0.6 is 0 Å². The molecule has 1 N–H and O–H groups in total. The first kappa shape index (κ1) is 57.2. The lowest BCUT2D eigenvalue weighted by Gasteiger charge is -2.05. The molecule has 0 spiro atoms. The summed E-state index contributed by atoms with van der Waals surface area (Å²) >= 11 is 0. The lowest BCUT2D eigenvalue weighted by molar-refractivity contribution is -0.159. The van der Waals surface area contributed by atoms with Gasteiger partial charge in [0.25, 0.3) is 0 Å². The maximum Gasteiger partial charge on any atom is 0.313 e. The van der Waals surface area contributed by atoms with Gasteiger partial charge in [0.05, 0.1) is 0 Å². The van der Waals surface area contributed by atoms with Crippen LogP contribution < -0.4 is 0 Å². The van der Waals surface area contributed by atoms with Crippen LogP contribution in [0.15, 0.2) is 0 Å². The SMILES string of the molecule is CCCCCCCCCCCCCCCCCC(=O)OC(=O)CCCCCCCCCCCCCCCCC.CCCCCCCCCCCCCCCCO. The van der Waals surface area contributed by atoms with Crippen molar-refractivity contribution in [3.63, 3.8) is 0 Å². The topological polar surface area (TPSA) is 63.6 Å². The monoisotopic (exact) mass is 793 g/mol. The number of hydrogen-bond donors (Lipinski definition) is 1. The third kappa shape index (κ3) is 55.2. The second-order valence-electron chi connectivity index (χ2n) is 17.6. The van der Waals surface area contributed by atoms with Gasteiger partial charge in [0.1, 0.15) is 0 Å². The Labute approximate surface area is 353 Å². The molecule has 0 heterocycles. The average Bonchev–Trinajstić information content (AvgIpc) is 3.20. The fourth-order valence-corrected chi connectivity index (χ4v) is 7.82. The molecule has 0 saturated heterocycles. The molecule has 0 fully saturated rings. The minimum absolute atomic E-state index is 0.323. The maximum absolute atomic E-state index is 11.9. The molecule has 0 rings (SSSR count). The minimum Gasteiger partial charge on any atom is -0.396 e. The summed E-state index contributed by atoms with van der Waals surface area (Å²) in [6.45, 7) is 7.21. The van der Waals surface area contributed by atoms with Crippen LogP contribution in [0.3, 0.4) is 0 Å². The number of esters is 2. The summed E-state index contributed by atoms with van der Waals surface area (Å²) in [4.78, 5) is 23.8. The molecular weight excluding hydrogens is 689 g/mol. The fourth-order valence-electron chi connectivity index (χ4n) is 7.82. The Kier molecular flexibility index (Phi) is 55.3. The molecule has 0 aliphatic rings. The average molecular weight is 793 g/mol. The summed E-state index contributed by atoms with van der Waals surface area (Å²) in [5.74, 6) is -0.647. The third-order valence-electron chi connectivity index (χ3n) is 11.7. The first-order chi connectivity index (χ1) is 27.6. The predicted molar refractivity (Wildman–Crippen MR) is 248 cm³/mol. The van der Waals surface area contributed by atoms with Crippen molar-refractivity contribution in [3.8, 4) is 0 Å². The molecule has 0 aliphatic carbocycles. The van der Waals surface area contributed by atoms with E-state index in [0.29, 0.717) is 19.4 Å². The number of unbranched alkanes of at least 4 members (excludes halogenated alkanes) is 41. The molecular formula is C52H104O4. The van der Waals surface area contributed by atoms with Gasteiger partial charge in [0.15, 0.2) is 0 Å². The summed E-state index contributed by atoms with van der Waals surface area (Å²) in [7, 11) is 0. The quantitative estimate of drug-likeness (QED) is 0.0379. The van der Waals surface area contributed by atoms with Crippen LogP contribution in [0, 0.1) is 0 Å². The summed E-state index contributed by atoms with van der Waals surface area (Å²) < 4.78 is 5.01. The van der Waals surface area contributed by atoms with Gasteiger partial charge in [-0.1, -0.05) is 284 Å². The van der Waals surface area contributed by atoms with E-state index in [0.717, 1.165) is 32.1 Å². The van der Waals surface area contributed by atoms with Crippen molar-refractivity contribution in [2.24, 2.45) is 0 Å². The highest BCUT2D eigenvalue weighted by molar-refractivity contribution is 5.85. The van der Waals surface area contributed by atoms with Crippen LogP contribution in [-0.2, 0) is 14.3 Å². The molecule has 0 aromatic rings. The van der Waals surface area contributed by atoms with Crippen molar-refractivity contribution in [1.82, 2.24) is 0 Å². The van der Waals surface area contributed by atoms with Gasteiger partial charge in [0, 0.05) is 19.4 Å². The standard InChI is InChI=1S/C36H70O3.C16H34O/c1-3-5-7-9-11-13-15-17-19-21-23-25-27-29-31-33-35(37)39-36(38)34-32-30-28-26-24-22-20-18-16-14-12-10-8-6-4-2;1-2-3-4-5-6-7-8-9-10-11-12-13-14-15-16-17/h3-34H2,1-2H3;17H,2-16H2,1H3. The van der Waals surface area contributed by atoms with E-state index in [1.807, 2.05) is 0 Å². The van der Waals surface area contributed by atoms with E-state index in [9.17, 15) is 9.59 Å². The molecule has 336 valence electrons. The second kappa shape index (κ2) is 54.1. The van der Waals surface area contributed by atoms with Gasteiger partial charge in [0.2, 0.25) is 0 Å². The summed E-state index contributed by atoms with van der Waals surface area (Å²) in [6, 6.07) is 0. The van der Waals surface area contributed by atoms with Crippen molar-refractivity contribution in [3.05, 3.63) is 0 Å². The van der Waals surface area contributed by atoms with Crippen LogP contribution in [0.5, 0.6) is 0 Å². The van der Waals surface area contributed by atoms with E-state index >= 15 is 0 Å². The molecule has 0 aliphatic heterocycles. The second-order valence-corrected chi connectivity index (χ2v) is 17.6. The Balaban J connectivity index is 0. The lowest BCUT2D eigenvalue weighted by atomic mass is 10.0. The van der Waals surface area contributed by atoms with Crippen molar-refractivity contribution in [2.45, 2.75) is 316 Å². The Morgan fingerprint density at radius 2 is 0.429 bits per heavy atom. The molecule has 4 nitrogen and oxygen atoms in total. The Bertz CT molecular complexity index is 664. The van der Waals surface area contributed by atoms with Crippen molar-refractivity contribution < 1.29 is 19.4 Å². The van der Waals surface area contributed by atoms with E-state index < -0.39 is 0 Å². The number of rotatable bonds is 46. The van der Waals surface area contributed by atoms with Crippen LogP contribution in [0.25, 0.3) is 0 Å². The molecule has 56 heavy (non-hydrogen) atoms. The summed E-state index contributed by atoms with van der Waals surface area (Å²) in [5.41, 5.74) is 0. The zero-order valence-corrected chi connectivity index (χ0v) is 38.9. The van der Waals surface area contributed by atoms with Crippen LogP contribution in [0.1, 0.15) is 316 Å². The summed E-state index contributed by atoms with van der Waals surface area (Å²) in [6.07, 6.45) is 59.3. The first-order valence-corrected chi connectivity index (χ1v) is 26.0. The zero-order valence-electron chi connectivity index (χ0n) is 38.9. The number of carbonyl (C=O) groups is 2. The Morgan fingerprint density at radius 1 is 0.268 bits per heavy atom. The predicted octanol–water partition coefficient (Wildman–Crippen LogP) is 18.0. The highest BCUT2D eigenvalue weighted by Crippen LogP contribution is 2.16. The van der Waals surface area contributed by atoms with Gasteiger partial charge in [-0.2, -0.15) is 0 Å². The van der Waals surface area contributed by atoms with Crippen LogP contribution in [0.4, 0.5) is 0 Å². The van der Waals surface area contributed by atoms with Gasteiger partial charge in [-0.3, -0.25) is 9.59 Å². The van der Waals surface area contributed by atoms with Crippen molar-refractivity contribution in [1.29, 1.82) is 0 Å². The van der Waals surface area contributed by atoms with E-state index in [1.165, 1.54) is 250 Å². The molecule has 0 radical (unpaired) electrons. The fraction of sp³-hybridized carbons (Fsp3) is 0.962. The number of aliphatic hydroxyl groups excluding tert-OH is 1. The largest absolute Gasteiger partial charge is 0.396 e. The Morgan fingerprint density at radius 3 is 0.607 bits per heavy atom. The third-order valence-corrected chi connectivity index (χ3v) is 11.7. The van der Waals surface area contributed by atoms with Gasteiger partial charge < -0.3 is 9.84 Å².